The molecule has 1 amide bonds. The van der Waals surface area contributed by atoms with E-state index in [1.165, 1.54) is 19.2 Å². The van der Waals surface area contributed by atoms with Gasteiger partial charge >= 0.3 is 0 Å². The predicted molar refractivity (Wildman–Crippen MR) is 81.7 cm³/mol. The second-order valence-corrected chi connectivity index (χ2v) is 4.42. The van der Waals surface area contributed by atoms with Crippen LogP contribution in [0.5, 0.6) is 11.5 Å². The van der Waals surface area contributed by atoms with Crippen LogP contribution >= 0.6 is 0 Å². The van der Waals surface area contributed by atoms with Crippen LogP contribution in [0.1, 0.15) is 23.7 Å². The number of methoxy groups -OCH3 is 1. The van der Waals surface area contributed by atoms with Gasteiger partial charge in [-0.2, -0.15) is 0 Å². The topological polar surface area (TPSA) is 103 Å². The Morgan fingerprint density at radius 2 is 2.05 bits per heavy atom. The summed E-state index contributed by atoms with van der Waals surface area (Å²) in [5, 5.41) is 16.8. The number of ether oxygens (including phenoxy) is 2. The lowest BCUT2D eigenvalue weighted by Gasteiger charge is -2.12. The summed E-state index contributed by atoms with van der Waals surface area (Å²) in [5.41, 5.74) is -0.356. The van der Waals surface area contributed by atoms with E-state index in [9.17, 15) is 14.9 Å². The van der Waals surface area contributed by atoms with E-state index in [2.05, 4.69) is 10.6 Å². The molecule has 1 aromatic rings. The molecule has 0 aliphatic heterocycles. The molecule has 0 saturated heterocycles. The normalized spacial score (nSPS) is 10.1. The van der Waals surface area contributed by atoms with Gasteiger partial charge in [-0.1, -0.05) is 0 Å². The first-order valence-corrected chi connectivity index (χ1v) is 6.97. The lowest BCUT2D eigenvalue weighted by atomic mass is 10.1. The second kappa shape index (κ2) is 8.83. The number of nitrogens with zero attached hydrogens (tertiary/aromatic N) is 1. The Labute approximate surface area is 128 Å². The highest BCUT2D eigenvalue weighted by Gasteiger charge is 2.24. The highest BCUT2D eigenvalue weighted by atomic mass is 16.6. The molecule has 2 N–H and O–H groups in total. The number of hydrogen-bond donors (Lipinski definition) is 2. The summed E-state index contributed by atoms with van der Waals surface area (Å²) in [7, 11) is 3.22. The van der Waals surface area contributed by atoms with Crippen LogP contribution in [0, 0.1) is 10.1 Å². The van der Waals surface area contributed by atoms with Crippen LogP contribution in [0.2, 0.25) is 0 Å². The quantitative estimate of drug-likeness (QED) is 0.405. The third-order valence-electron chi connectivity index (χ3n) is 2.91. The summed E-state index contributed by atoms with van der Waals surface area (Å²) in [5.74, 6) is 0.0143. The van der Waals surface area contributed by atoms with Gasteiger partial charge in [-0.05, 0) is 26.9 Å². The van der Waals surface area contributed by atoms with Gasteiger partial charge in [0.1, 0.15) is 5.56 Å². The van der Waals surface area contributed by atoms with Crippen molar-refractivity contribution in [1.82, 2.24) is 10.6 Å². The highest BCUT2D eigenvalue weighted by molar-refractivity contribution is 5.99. The molecular formula is C14H21N3O5. The molecule has 0 fully saturated rings. The summed E-state index contributed by atoms with van der Waals surface area (Å²) < 4.78 is 10.4. The van der Waals surface area contributed by atoms with Crippen molar-refractivity contribution in [3.8, 4) is 11.5 Å². The monoisotopic (exact) mass is 311 g/mol. The summed E-state index contributed by atoms with van der Waals surface area (Å²) in [6.07, 6.45) is 0.726. The minimum Gasteiger partial charge on any atom is -0.493 e. The van der Waals surface area contributed by atoms with E-state index in [-0.39, 0.29) is 22.7 Å². The summed E-state index contributed by atoms with van der Waals surface area (Å²) >= 11 is 0. The molecule has 0 heterocycles. The zero-order valence-corrected chi connectivity index (χ0v) is 13.0. The number of nitro groups is 1. The molecule has 0 aliphatic rings. The van der Waals surface area contributed by atoms with Crippen LogP contribution < -0.4 is 20.1 Å². The first-order chi connectivity index (χ1) is 10.5. The molecular weight excluding hydrogens is 290 g/mol. The maximum Gasteiger partial charge on any atom is 0.286 e. The van der Waals surface area contributed by atoms with Crippen LogP contribution in [0.4, 0.5) is 5.69 Å². The van der Waals surface area contributed by atoms with E-state index in [0.717, 1.165) is 13.0 Å². The van der Waals surface area contributed by atoms with Crippen molar-refractivity contribution in [2.24, 2.45) is 0 Å². The van der Waals surface area contributed by atoms with Crippen molar-refractivity contribution in [3.63, 3.8) is 0 Å². The standard InChI is InChI=1S/C14H21N3O5/c1-4-22-13-9-11(17(19)20)10(8-12(13)21-3)14(18)16-7-5-6-15-2/h8-9,15H,4-7H2,1-3H3,(H,16,18). The van der Waals surface area contributed by atoms with Gasteiger partial charge in [-0.3, -0.25) is 14.9 Å². The molecule has 0 aromatic heterocycles. The van der Waals surface area contributed by atoms with Crippen molar-refractivity contribution in [2.75, 3.05) is 33.9 Å². The molecule has 8 nitrogen and oxygen atoms in total. The lowest BCUT2D eigenvalue weighted by Crippen LogP contribution is -2.27. The fourth-order valence-corrected chi connectivity index (χ4v) is 1.87. The van der Waals surface area contributed by atoms with Crippen molar-refractivity contribution in [3.05, 3.63) is 27.8 Å². The van der Waals surface area contributed by atoms with E-state index in [1.54, 1.807) is 6.92 Å². The smallest absolute Gasteiger partial charge is 0.286 e. The van der Waals surface area contributed by atoms with Gasteiger partial charge in [-0.15, -0.1) is 0 Å². The van der Waals surface area contributed by atoms with Crippen LogP contribution in [0.15, 0.2) is 12.1 Å². The van der Waals surface area contributed by atoms with Crippen molar-refractivity contribution < 1.29 is 19.2 Å². The van der Waals surface area contributed by atoms with Crippen molar-refractivity contribution in [1.29, 1.82) is 0 Å². The Morgan fingerprint density at radius 1 is 1.32 bits per heavy atom. The van der Waals surface area contributed by atoms with Gasteiger partial charge in [0.25, 0.3) is 11.6 Å². The van der Waals surface area contributed by atoms with E-state index in [4.69, 9.17) is 9.47 Å². The Balaban J connectivity index is 3.05. The molecule has 1 rings (SSSR count). The zero-order chi connectivity index (χ0) is 16.5. The van der Waals surface area contributed by atoms with E-state index < -0.39 is 10.8 Å². The average Bonchev–Trinajstić information content (AvgIpc) is 2.51. The largest absolute Gasteiger partial charge is 0.493 e. The molecule has 8 heteroatoms. The van der Waals surface area contributed by atoms with Crippen molar-refractivity contribution >= 4 is 11.6 Å². The average molecular weight is 311 g/mol. The SMILES string of the molecule is CCOc1cc([N+](=O)[O-])c(C(=O)NCCCNC)cc1OC. The Kier molecular flexibility index (Phi) is 7.11. The molecule has 1 aromatic carbocycles. The molecule has 0 bridgehead atoms. The fourth-order valence-electron chi connectivity index (χ4n) is 1.87. The highest BCUT2D eigenvalue weighted by Crippen LogP contribution is 2.34. The number of hydrogen-bond acceptors (Lipinski definition) is 6. The number of amides is 1. The Bertz CT molecular complexity index is 533. The van der Waals surface area contributed by atoms with Gasteiger partial charge in [0, 0.05) is 12.6 Å². The third-order valence-corrected chi connectivity index (χ3v) is 2.91. The number of nitro benzene ring substituents is 1. The van der Waals surface area contributed by atoms with Crippen LogP contribution in [-0.2, 0) is 0 Å². The van der Waals surface area contributed by atoms with Gasteiger partial charge in [-0.25, -0.2) is 0 Å². The van der Waals surface area contributed by atoms with Gasteiger partial charge < -0.3 is 20.1 Å². The van der Waals surface area contributed by atoms with Gasteiger partial charge in [0.05, 0.1) is 24.7 Å². The maximum atomic E-state index is 12.1. The van der Waals surface area contributed by atoms with Crippen LogP contribution in [-0.4, -0.2) is 44.7 Å². The first kappa shape index (κ1) is 17.7. The fraction of sp³-hybridized carbons (Fsp3) is 0.500. The summed E-state index contributed by atoms with van der Waals surface area (Å²) in [4.78, 5) is 22.7. The van der Waals surface area contributed by atoms with Gasteiger partial charge in [0.2, 0.25) is 0 Å². The van der Waals surface area contributed by atoms with Crippen LogP contribution in [0.3, 0.4) is 0 Å². The minimum atomic E-state index is -0.607. The molecule has 0 radical (unpaired) electrons. The number of rotatable bonds is 9. The summed E-state index contributed by atoms with van der Waals surface area (Å²) in [6, 6.07) is 2.54. The number of benzene rings is 1. The van der Waals surface area contributed by atoms with E-state index in [0.29, 0.717) is 13.2 Å². The molecule has 0 unspecified atom stereocenters. The summed E-state index contributed by atoms with van der Waals surface area (Å²) in [6.45, 7) is 3.26. The predicted octanol–water partition coefficient (Wildman–Crippen LogP) is 1.34. The van der Waals surface area contributed by atoms with Crippen molar-refractivity contribution in [2.45, 2.75) is 13.3 Å². The molecule has 0 saturated carbocycles. The van der Waals surface area contributed by atoms with Crippen LogP contribution in [0.25, 0.3) is 0 Å². The van der Waals surface area contributed by atoms with Gasteiger partial charge in [0.15, 0.2) is 11.5 Å². The number of carbonyl (C=O) groups is 1. The second-order valence-electron chi connectivity index (χ2n) is 4.42. The number of nitrogens with one attached hydrogen (secondary N) is 2. The molecule has 0 atom stereocenters. The molecule has 0 aliphatic carbocycles. The molecule has 122 valence electrons. The molecule has 22 heavy (non-hydrogen) atoms. The minimum absolute atomic E-state index is 0.0465. The Hall–Kier alpha value is -2.35. The number of carbonyl (C=O) groups excluding carboxylic acids is 1. The van der Waals surface area contributed by atoms with E-state index in [1.807, 2.05) is 7.05 Å². The first-order valence-electron chi connectivity index (χ1n) is 6.97. The third kappa shape index (κ3) is 4.59. The Morgan fingerprint density at radius 3 is 2.59 bits per heavy atom. The van der Waals surface area contributed by atoms with E-state index >= 15 is 0 Å². The lowest BCUT2D eigenvalue weighted by molar-refractivity contribution is -0.385. The zero-order valence-electron chi connectivity index (χ0n) is 13.0. The maximum absolute atomic E-state index is 12.1. The molecule has 0 spiro atoms.